The number of rotatable bonds is 3. The number of hydrogen-bond donors (Lipinski definition) is 0. The molecular formula is C26H31S+. The molecule has 1 heteroatoms. The third-order valence-electron chi connectivity index (χ3n) is 4.83. The quantitative estimate of drug-likeness (QED) is 0.419. The molecule has 0 atom stereocenters. The third-order valence-corrected chi connectivity index (χ3v) is 7.11. The smallest absolute Gasteiger partial charge is 0.0619 e. The lowest BCUT2D eigenvalue weighted by Gasteiger charge is -2.26. The second kappa shape index (κ2) is 7.56. The van der Waals surface area contributed by atoms with Gasteiger partial charge in [-0.3, -0.25) is 0 Å². The molecule has 0 aliphatic heterocycles. The molecule has 0 unspecified atom stereocenters. The van der Waals surface area contributed by atoms with E-state index in [2.05, 4.69) is 120 Å². The van der Waals surface area contributed by atoms with Crippen LogP contribution in [-0.4, -0.2) is 0 Å². The first-order chi connectivity index (χ1) is 12.7. The minimum atomic E-state index is -0.108. The Morgan fingerprint density at radius 3 is 1.44 bits per heavy atom. The average molecular weight is 376 g/mol. The molecule has 0 saturated heterocycles. The van der Waals surface area contributed by atoms with Crippen molar-refractivity contribution in [2.24, 2.45) is 0 Å². The maximum Gasteiger partial charge on any atom is 0.170 e. The zero-order chi connectivity index (χ0) is 19.7. The van der Waals surface area contributed by atoms with Gasteiger partial charge in [-0.25, -0.2) is 0 Å². The zero-order valence-electron chi connectivity index (χ0n) is 17.4. The minimum Gasteiger partial charge on any atom is -0.0619 e. The molecule has 140 valence electrons. The summed E-state index contributed by atoms with van der Waals surface area (Å²) in [6.07, 6.45) is 0. The molecule has 0 nitrogen and oxygen atoms in total. The van der Waals surface area contributed by atoms with Crippen molar-refractivity contribution in [1.29, 1.82) is 0 Å². The first kappa shape index (κ1) is 19.8. The largest absolute Gasteiger partial charge is 0.170 e. The predicted octanol–water partition coefficient (Wildman–Crippen LogP) is 7.38. The van der Waals surface area contributed by atoms with E-state index in [-0.39, 0.29) is 21.7 Å². The lowest BCUT2D eigenvalue weighted by molar-refractivity contribution is 0.559. The fourth-order valence-electron chi connectivity index (χ4n) is 3.26. The second-order valence-electron chi connectivity index (χ2n) is 9.14. The van der Waals surface area contributed by atoms with Crippen LogP contribution < -0.4 is 0 Å². The molecule has 0 fully saturated rings. The van der Waals surface area contributed by atoms with Crippen LogP contribution in [0.25, 0.3) is 0 Å². The third kappa shape index (κ3) is 4.47. The van der Waals surface area contributed by atoms with E-state index >= 15 is 0 Å². The van der Waals surface area contributed by atoms with Gasteiger partial charge in [-0.15, -0.1) is 0 Å². The summed E-state index contributed by atoms with van der Waals surface area (Å²) in [6.45, 7) is 13.9. The van der Waals surface area contributed by atoms with Crippen LogP contribution in [0.3, 0.4) is 0 Å². The number of benzene rings is 3. The monoisotopic (exact) mass is 375 g/mol. The lowest BCUT2D eigenvalue weighted by atomic mass is 9.81. The maximum atomic E-state index is 2.45. The van der Waals surface area contributed by atoms with Gasteiger partial charge in [0.05, 0.1) is 10.9 Å². The summed E-state index contributed by atoms with van der Waals surface area (Å²) in [5.74, 6) is 0. The fraction of sp³-hybridized carbons (Fsp3) is 0.308. The van der Waals surface area contributed by atoms with Crippen molar-refractivity contribution < 1.29 is 0 Å². The van der Waals surface area contributed by atoms with E-state index in [4.69, 9.17) is 0 Å². The van der Waals surface area contributed by atoms with Crippen molar-refractivity contribution in [2.75, 3.05) is 0 Å². The molecular weight excluding hydrogens is 344 g/mol. The molecule has 27 heavy (non-hydrogen) atoms. The highest BCUT2D eigenvalue weighted by Crippen LogP contribution is 2.39. The van der Waals surface area contributed by atoms with Gasteiger partial charge in [-0.1, -0.05) is 84.0 Å². The Morgan fingerprint density at radius 1 is 0.556 bits per heavy atom. The van der Waals surface area contributed by atoms with E-state index in [0.717, 1.165) is 0 Å². The highest BCUT2D eigenvalue weighted by Gasteiger charge is 2.35. The van der Waals surface area contributed by atoms with Crippen molar-refractivity contribution >= 4 is 10.9 Å². The van der Waals surface area contributed by atoms with Gasteiger partial charge in [0.2, 0.25) is 0 Å². The van der Waals surface area contributed by atoms with Gasteiger partial charge >= 0.3 is 0 Å². The normalized spacial score (nSPS) is 12.4. The van der Waals surface area contributed by atoms with E-state index in [0.29, 0.717) is 0 Å². The van der Waals surface area contributed by atoms with Crippen molar-refractivity contribution in [1.82, 2.24) is 0 Å². The van der Waals surface area contributed by atoms with Gasteiger partial charge in [0.1, 0.15) is 0 Å². The molecule has 0 N–H and O–H groups in total. The number of hydrogen-bond acceptors (Lipinski definition) is 0. The summed E-state index contributed by atoms with van der Waals surface area (Å²) in [7, 11) is -0.108. The summed E-state index contributed by atoms with van der Waals surface area (Å²) < 4.78 is 0. The van der Waals surface area contributed by atoms with Gasteiger partial charge < -0.3 is 0 Å². The lowest BCUT2D eigenvalue weighted by Crippen LogP contribution is -2.20. The molecule has 0 bridgehead atoms. The molecule has 0 aliphatic rings. The summed E-state index contributed by atoms with van der Waals surface area (Å²) in [6, 6.07) is 29.0. The van der Waals surface area contributed by atoms with Crippen LogP contribution in [0.4, 0.5) is 0 Å². The molecule has 0 amide bonds. The van der Waals surface area contributed by atoms with Crippen molar-refractivity contribution in [3.05, 3.63) is 90.0 Å². The van der Waals surface area contributed by atoms with Crippen LogP contribution in [0.2, 0.25) is 0 Å². The van der Waals surface area contributed by atoms with Gasteiger partial charge in [-0.05, 0) is 52.8 Å². The van der Waals surface area contributed by atoms with E-state index in [1.54, 1.807) is 0 Å². The van der Waals surface area contributed by atoms with Crippen molar-refractivity contribution in [3.8, 4) is 0 Å². The minimum absolute atomic E-state index is 0.0887. The SMILES string of the molecule is CC(C)(C)c1ccc([S+](c2ccccc2)c2ccccc2)c(C(C)(C)C)c1. The maximum absolute atomic E-state index is 2.45. The summed E-state index contributed by atoms with van der Waals surface area (Å²) in [5, 5.41) is 0. The molecule has 3 aromatic carbocycles. The molecule has 3 rings (SSSR count). The van der Waals surface area contributed by atoms with Crippen LogP contribution >= 0.6 is 0 Å². The van der Waals surface area contributed by atoms with Gasteiger partial charge in [0, 0.05) is 5.56 Å². The Labute approximate surface area is 168 Å². The predicted molar refractivity (Wildman–Crippen MR) is 119 cm³/mol. The Balaban J connectivity index is 2.26. The fourth-order valence-corrected chi connectivity index (χ4v) is 5.69. The van der Waals surface area contributed by atoms with Gasteiger partial charge in [0.15, 0.2) is 14.7 Å². The topological polar surface area (TPSA) is 0 Å². The van der Waals surface area contributed by atoms with E-state index < -0.39 is 0 Å². The van der Waals surface area contributed by atoms with Crippen LogP contribution in [0, 0.1) is 0 Å². The Hall–Kier alpha value is -1.99. The molecule has 0 saturated carbocycles. The second-order valence-corrected chi connectivity index (χ2v) is 11.1. The highest BCUT2D eigenvalue weighted by molar-refractivity contribution is 7.97. The Kier molecular flexibility index (Phi) is 5.53. The van der Waals surface area contributed by atoms with Crippen LogP contribution in [0.1, 0.15) is 52.7 Å². The molecule has 0 spiro atoms. The highest BCUT2D eigenvalue weighted by atomic mass is 32.2. The molecule has 0 aliphatic carbocycles. The van der Waals surface area contributed by atoms with Gasteiger partial charge in [-0.2, -0.15) is 0 Å². The molecule has 0 aromatic heterocycles. The first-order valence-corrected chi connectivity index (χ1v) is 10.9. The summed E-state index contributed by atoms with van der Waals surface area (Å²) in [5.41, 5.74) is 3.09. The molecule has 0 radical (unpaired) electrons. The van der Waals surface area contributed by atoms with E-state index in [1.165, 1.54) is 25.8 Å². The van der Waals surface area contributed by atoms with Crippen LogP contribution in [0.5, 0.6) is 0 Å². The van der Waals surface area contributed by atoms with Crippen molar-refractivity contribution in [2.45, 2.75) is 67.1 Å². The van der Waals surface area contributed by atoms with Gasteiger partial charge in [0.25, 0.3) is 0 Å². The van der Waals surface area contributed by atoms with E-state index in [9.17, 15) is 0 Å². The standard InChI is InChI=1S/C26H31S/c1-25(2,3)20-17-18-24(23(19-20)26(4,5)6)27(21-13-9-7-10-14-21)22-15-11-8-12-16-22/h7-19H,1-6H3/q+1. The Morgan fingerprint density at radius 2 is 1.04 bits per heavy atom. The summed E-state index contributed by atoms with van der Waals surface area (Å²) >= 11 is 0. The Bertz CT molecular complexity index is 841. The van der Waals surface area contributed by atoms with Crippen LogP contribution in [0.15, 0.2) is 93.5 Å². The summed E-state index contributed by atoms with van der Waals surface area (Å²) in [4.78, 5) is 4.18. The van der Waals surface area contributed by atoms with E-state index in [1.807, 2.05) is 0 Å². The first-order valence-electron chi connectivity index (χ1n) is 9.67. The average Bonchev–Trinajstić information content (AvgIpc) is 2.62. The molecule has 3 aromatic rings. The van der Waals surface area contributed by atoms with Crippen LogP contribution in [-0.2, 0) is 21.7 Å². The molecule has 0 heterocycles. The zero-order valence-corrected chi connectivity index (χ0v) is 18.2. The van der Waals surface area contributed by atoms with Crippen molar-refractivity contribution in [3.63, 3.8) is 0 Å².